The van der Waals surface area contributed by atoms with Crippen LogP contribution in [0.2, 0.25) is 5.02 Å². The molecule has 124 valence electrons. The maximum atomic E-state index is 12.7. The summed E-state index contributed by atoms with van der Waals surface area (Å²) in [6.07, 6.45) is 1.56. The van der Waals surface area contributed by atoms with E-state index in [0.717, 1.165) is 11.3 Å². The van der Waals surface area contributed by atoms with Gasteiger partial charge in [-0.2, -0.15) is 0 Å². The van der Waals surface area contributed by atoms with E-state index in [-0.39, 0.29) is 15.8 Å². The second-order valence-electron chi connectivity index (χ2n) is 5.25. The highest BCUT2D eigenvalue weighted by atomic mass is 35.5. The van der Waals surface area contributed by atoms with Crippen molar-refractivity contribution in [2.24, 2.45) is 0 Å². The number of halogens is 1. The standard InChI is InChI=1S/C17H14ClNO4S/c1-23-12-4-2-11(3-5-12)9-19-10-16(18)14-7-6-13(24(21)22)8-15(14)17(19)20/h2-8,10,24H,9H2,1H3. The fraction of sp³-hybridized carbons (Fsp3) is 0.118. The smallest absolute Gasteiger partial charge is 0.258 e. The molecule has 0 aliphatic carbocycles. The van der Waals surface area contributed by atoms with Gasteiger partial charge in [-0.1, -0.05) is 29.8 Å². The highest BCUT2D eigenvalue weighted by molar-refractivity contribution is 7.72. The number of thiol groups is 1. The van der Waals surface area contributed by atoms with Crippen LogP contribution in [0, 0.1) is 0 Å². The van der Waals surface area contributed by atoms with Gasteiger partial charge in [0.1, 0.15) is 5.75 Å². The first-order chi connectivity index (χ1) is 11.5. The number of rotatable bonds is 4. The first-order valence-corrected chi connectivity index (χ1v) is 8.65. The third-order valence-electron chi connectivity index (χ3n) is 3.74. The number of nitrogens with zero attached hydrogens (tertiary/aromatic N) is 1. The van der Waals surface area contributed by atoms with Gasteiger partial charge in [0, 0.05) is 17.0 Å². The summed E-state index contributed by atoms with van der Waals surface area (Å²) in [7, 11) is -1.17. The molecule has 0 radical (unpaired) electrons. The molecule has 0 amide bonds. The molecular weight excluding hydrogens is 350 g/mol. The van der Waals surface area contributed by atoms with E-state index < -0.39 is 10.7 Å². The van der Waals surface area contributed by atoms with Crippen LogP contribution in [0.3, 0.4) is 0 Å². The third-order valence-corrected chi connectivity index (χ3v) is 4.74. The van der Waals surface area contributed by atoms with Crippen LogP contribution < -0.4 is 10.3 Å². The predicted octanol–water partition coefficient (Wildman–Crippen LogP) is 2.68. The van der Waals surface area contributed by atoms with Gasteiger partial charge in [-0.25, -0.2) is 8.42 Å². The molecule has 1 heterocycles. The summed E-state index contributed by atoms with van der Waals surface area (Å²) in [5, 5.41) is 1.21. The number of methoxy groups -OCH3 is 1. The van der Waals surface area contributed by atoms with Crippen molar-refractivity contribution in [2.75, 3.05) is 7.11 Å². The van der Waals surface area contributed by atoms with Gasteiger partial charge < -0.3 is 9.30 Å². The summed E-state index contributed by atoms with van der Waals surface area (Å²) >= 11 is 6.25. The molecule has 0 aliphatic heterocycles. The quantitative estimate of drug-likeness (QED) is 0.724. The number of hydrogen-bond donors (Lipinski definition) is 1. The van der Waals surface area contributed by atoms with Gasteiger partial charge in [0.05, 0.1) is 23.6 Å². The first kappa shape index (κ1) is 16.5. The summed E-state index contributed by atoms with van der Waals surface area (Å²) in [5.74, 6) is 0.728. The van der Waals surface area contributed by atoms with Crippen molar-refractivity contribution < 1.29 is 13.2 Å². The largest absolute Gasteiger partial charge is 0.497 e. The van der Waals surface area contributed by atoms with Gasteiger partial charge in [0.25, 0.3) is 5.56 Å². The van der Waals surface area contributed by atoms with Crippen molar-refractivity contribution in [1.29, 1.82) is 0 Å². The second kappa shape index (κ2) is 6.67. The molecule has 3 rings (SSSR count). The summed E-state index contributed by atoms with van der Waals surface area (Å²) in [6, 6.07) is 11.7. The minimum Gasteiger partial charge on any atom is -0.497 e. The molecule has 0 saturated heterocycles. The molecule has 7 heteroatoms. The molecule has 0 fully saturated rings. The van der Waals surface area contributed by atoms with Crippen LogP contribution >= 0.6 is 11.6 Å². The fourth-order valence-electron chi connectivity index (χ4n) is 2.50. The van der Waals surface area contributed by atoms with E-state index >= 15 is 0 Å². The zero-order valence-corrected chi connectivity index (χ0v) is 14.4. The Balaban J connectivity index is 2.10. The van der Waals surface area contributed by atoms with Gasteiger partial charge in [-0.15, -0.1) is 0 Å². The van der Waals surface area contributed by atoms with E-state index in [1.54, 1.807) is 19.4 Å². The van der Waals surface area contributed by atoms with Crippen LogP contribution in [0.1, 0.15) is 5.56 Å². The monoisotopic (exact) mass is 363 g/mol. The average molecular weight is 364 g/mol. The molecule has 0 unspecified atom stereocenters. The molecule has 3 aromatic rings. The fourth-order valence-corrected chi connectivity index (χ4v) is 3.21. The number of hydrogen-bond acceptors (Lipinski definition) is 4. The second-order valence-corrected chi connectivity index (χ2v) is 6.68. The van der Waals surface area contributed by atoms with Crippen molar-refractivity contribution in [3.63, 3.8) is 0 Å². The van der Waals surface area contributed by atoms with Crippen LogP contribution in [0.4, 0.5) is 0 Å². The van der Waals surface area contributed by atoms with Crippen molar-refractivity contribution in [3.8, 4) is 5.75 Å². The normalized spacial score (nSPS) is 11.1. The lowest BCUT2D eigenvalue weighted by Crippen LogP contribution is -2.20. The maximum Gasteiger partial charge on any atom is 0.258 e. The average Bonchev–Trinajstić information content (AvgIpc) is 2.59. The van der Waals surface area contributed by atoms with E-state index in [4.69, 9.17) is 16.3 Å². The number of pyridine rings is 1. The molecule has 1 aromatic heterocycles. The zero-order valence-electron chi connectivity index (χ0n) is 12.7. The summed E-state index contributed by atoms with van der Waals surface area (Å²) in [6.45, 7) is 0.326. The predicted molar refractivity (Wildman–Crippen MR) is 93.9 cm³/mol. The Morgan fingerprint density at radius 2 is 1.79 bits per heavy atom. The van der Waals surface area contributed by atoms with Gasteiger partial charge in [0.15, 0.2) is 10.7 Å². The van der Waals surface area contributed by atoms with Crippen LogP contribution in [-0.2, 0) is 17.2 Å². The molecular formula is C17H14ClNO4S. The highest BCUT2D eigenvalue weighted by Gasteiger charge is 2.10. The van der Waals surface area contributed by atoms with Crippen LogP contribution in [0.5, 0.6) is 5.75 Å². The minimum absolute atomic E-state index is 0.0906. The molecule has 5 nitrogen and oxygen atoms in total. The van der Waals surface area contributed by atoms with Crippen LogP contribution in [-0.4, -0.2) is 20.1 Å². The van der Waals surface area contributed by atoms with E-state index in [0.29, 0.717) is 17.0 Å². The Hall–Kier alpha value is -2.31. The lowest BCUT2D eigenvalue weighted by atomic mass is 10.1. The first-order valence-electron chi connectivity index (χ1n) is 7.09. The van der Waals surface area contributed by atoms with Crippen molar-refractivity contribution in [1.82, 2.24) is 4.57 Å². The molecule has 0 atom stereocenters. The Morgan fingerprint density at radius 1 is 1.08 bits per heavy atom. The lowest BCUT2D eigenvalue weighted by molar-refractivity contribution is 0.414. The van der Waals surface area contributed by atoms with E-state index in [1.807, 2.05) is 24.3 Å². The summed E-state index contributed by atoms with van der Waals surface area (Å²) < 4.78 is 28.9. The number of aromatic nitrogens is 1. The molecule has 24 heavy (non-hydrogen) atoms. The Morgan fingerprint density at radius 3 is 2.42 bits per heavy atom. The molecule has 0 saturated carbocycles. The molecule has 0 N–H and O–H groups in total. The SMILES string of the molecule is COc1ccc(Cn2cc(Cl)c3ccc([SH](=O)=O)cc3c2=O)cc1. The summed E-state index contributed by atoms with van der Waals surface area (Å²) in [5.41, 5.74) is 0.614. The molecule has 2 aromatic carbocycles. The van der Waals surface area contributed by atoms with Crippen LogP contribution in [0.25, 0.3) is 10.8 Å². The Labute approximate surface area is 145 Å². The molecule has 0 spiro atoms. The minimum atomic E-state index is -2.76. The lowest BCUT2D eigenvalue weighted by Gasteiger charge is -2.10. The van der Waals surface area contributed by atoms with Crippen LogP contribution in [0.15, 0.2) is 58.4 Å². The van der Waals surface area contributed by atoms with E-state index in [9.17, 15) is 13.2 Å². The van der Waals surface area contributed by atoms with Gasteiger partial charge in [-0.3, -0.25) is 4.79 Å². The van der Waals surface area contributed by atoms with Crippen molar-refractivity contribution in [2.45, 2.75) is 11.4 Å². The van der Waals surface area contributed by atoms with Crippen molar-refractivity contribution >= 4 is 33.1 Å². The van der Waals surface area contributed by atoms with Gasteiger partial charge in [-0.05, 0) is 29.8 Å². The number of fused-ring (bicyclic) bond motifs is 1. The number of ether oxygens (including phenoxy) is 1. The highest BCUT2D eigenvalue weighted by Crippen LogP contribution is 2.22. The zero-order chi connectivity index (χ0) is 17.3. The van der Waals surface area contributed by atoms with Gasteiger partial charge in [0.2, 0.25) is 0 Å². The Bertz CT molecular complexity index is 1030. The molecule has 0 bridgehead atoms. The maximum absolute atomic E-state index is 12.7. The number of benzene rings is 2. The van der Waals surface area contributed by atoms with E-state index in [1.165, 1.54) is 16.7 Å². The molecule has 0 aliphatic rings. The van der Waals surface area contributed by atoms with Crippen molar-refractivity contribution in [3.05, 3.63) is 69.6 Å². The third kappa shape index (κ3) is 3.16. The summed E-state index contributed by atoms with van der Waals surface area (Å²) in [4.78, 5) is 12.8. The van der Waals surface area contributed by atoms with Gasteiger partial charge >= 0.3 is 0 Å². The topological polar surface area (TPSA) is 65.4 Å². The Kier molecular flexibility index (Phi) is 4.59. The van der Waals surface area contributed by atoms with E-state index in [2.05, 4.69) is 0 Å².